The number of nitrogens with zero attached hydrogens (tertiary/aromatic N) is 3. The van der Waals surface area contributed by atoms with Gasteiger partial charge in [-0.05, 0) is 39.4 Å². The summed E-state index contributed by atoms with van der Waals surface area (Å²) in [7, 11) is 3.93. The van der Waals surface area contributed by atoms with E-state index in [0.717, 1.165) is 44.9 Å². The Kier molecular flexibility index (Phi) is 6.34. The lowest BCUT2D eigenvalue weighted by Gasteiger charge is -2.29. The predicted octanol–water partition coefficient (Wildman–Crippen LogP) is 1.03. The van der Waals surface area contributed by atoms with E-state index in [4.69, 9.17) is 9.15 Å². The second-order valence-electron chi connectivity index (χ2n) is 7.80. The lowest BCUT2D eigenvalue weighted by molar-refractivity contribution is 0.00305. The van der Waals surface area contributed by atoms with Gasteiger partial charge in [0.2, 0.25) is 0 Å². The predicted molar refractivity (Wildman–Crippen MR) is 98.1 cm³/mol. The summed E-state index contributed by atoms with van der Waals surface area (Å²) >= 11 is 0. The van der Waals surface area contributed by atoms with Crippen LogP contribution in [0.25, 0.3) is 0 Å². The zero-order chi connectivity index (χ0) is 18.6. The smallest absolute Gasteiger partial charge is 0.257 e. The molecule has 2 saturated heterocycles. The number of furan rings is 1. The first-order chi connectivity index (χ1) is 12.5. The standard InChI is InChI=1S/C19H31N3O4/c1-20(2)15-19(24)4-3-6-22(7-5-19)18(23)16-12-17(26-14-16)13-21-8-10-25-11-9-21/h12,14,24H,3-11,13,15H2,1-2H3/t19-/m0/s1. The summed E-state index contributed by atoms with van der Waals surface area (Å²) in [6, 6.07) is 1.86. The van der Waals surface area contributed by atoms with Crippen molar-refractivity contribution in [1.82, 2.24) is 14.7 Å². The normalized spacial score (nSPS) is 25.5. The van der Waals surface area contributed by atoms with Crippen molar-refractivity contribution in [3.05, 3.63) is 23.7 Å². The average molecular weight is 365 g/mol. The van der Waals surface area contributed by atoms with E-state index in [9.17, 15) is 9.90 Å². The quantitative estimate of drug-likeness (QED) is 0.841. The highest BCUT2D eigenvalue weighted by molar-refractivity contribution is 5.94. The molecule has 1 aromatic heterocycles. The van der Waals surface area contributed by atoms with Crippen molar-refractivity contribution < 1.29 is 19.1 Å². The van der Waals surface area contributed by atoms with Gasteiger partial charge in [0.15, 0.2) is 0 Å². The fourth-order valence-electron chi connectivity index (χ4n) is 3.87. The van der Waals surface area contributed by atoms with E-state index in [1.807, 2.05) is 30.0 Å². The summed E-state index contributed by atoms with van der Waals surface area (Å²) in [6.45, 7) is 5.86. The Morgan fingerprint density at radius 2 is 2.00 bits per heavy atom. The van der Waals surface area contributed by atoms with Crippen molar-refractivity contribution >= 4 is 5.91 Å². The van der Waals surface area contributed by atoms with Crippen LogP contribution in [0.3, 0.4) is 0 Å². The molecule has 1 amide bonds. The molecule has 2 aliphatic heterocycles. The van der Waals surface area contributed by atoms with Gasteiger partial charge >= 0.3 is 0 Å². The molecule has 0 aliphatic carbocycles. The fraction of sp³-hybridized carbons (Fsp3) is 0.737. The highest BCUT2D eigenvalue weighted by Crippen LogP contribution is 2.24. The van der Waals surface area contributed by atoms with Crippen LogP contribution in [0.15, 0.2) is 16.7 Å². The zero-order valence-corrected chi connectivity index (χ0v) is 15.9. The Morgan fingerprint density at radius 1 is 1.23 bits per heavy atom. The van der Waals surface area contributed by atoms with Crippen molar-refractivity contribution in [3.63, 3.8) is 0 Å². The Hall–Kier alpha value is -1.41. The summed E-state index contributed by atoms with van der Waals surface area (Å²) in [6.07, 6.45) is 3.71. The van der Waals surface area contributed by atoms with E-state index in [0.29, 0.717) is 38.2 Å². The highest BCUT2D eigenvalue weighted by atomic mass is 16.5. The van der Waals surface area contributed by atoms with Gasteiger partial charge in [-0.3, -0.25) is 9.69 Å². The summed E-state index contributed by atoms with van der Waals surface area (Å²) < 4.78 is 11.0. The molecule has 0 bridgehead atoms. The first-order valence-electron chi connectivity index (χ1n) is 9.49. The van der Waals surface area contributed by atoms with Crippen LogP contribution in [0.5, 0.6) is 0 Å². The molecule has 3 rings (SSSR count). The Balaban J connectivity index is 1.57. The van der Waals surface area contributed by atoms with Crippen LogP contribution < -0.4 is 0 Å². The van der Waals surface area contributed by atoms with Crippen LogP contribution in [-0.2, 0) is 11.3 Å². The lowest BCUT2D eigenvalue weighted by atomic mass is 9.94. The number of carbonyl (C=O) groups is 1. The number of hydrogen-bond donors (Lipinski definition) is 1. The summed E-state index contributed by atoms with van der Waals surface area (Å²) in [5, 5.41) is 10.8. The van der Waals surface area contributed by atoms with Gasteiger partial charge in [-0.1, -0.05) is 0 Å². The molecule has 7 nitrogen and oxygen atoms in total. The molecule has 0 unspecified atom stereocenters. The van der Waals surface area contributed by atoms with Crippen molar-refractivity contribution in [2.24, 2.45) is 0 Å². The number of aliphatic hydroxyl groups is 1. The van der Waals surface area contributed by atoms with Gasteiger partial charge in [-0.15, -0.1) is 0 Å². The number of rotatable bonds is 5. The Bertz CT molecular complexity index is 597. The van der Waals surface area contributed by atoms with Crippen LogP contribution in [-0.4, -0.2) is 91.3 Å². The molecule has 0 spiro atoms. The molecule has 26 heavy (non-hydrogen) atoms. The molecule has 0 radical (unpaired) electrons. The fourth-order valence-corrected chi connectivity index (χ4v) is 3.87. The molecule has 1 N–H and O–H groups in total. The number of likely N-dealkylation sites (tertiary alicyclic amines) is 1. The van der Waals surface area contributed by atoms with E-state index in [2.05, 4.69) is 4.90 Å². The van der Waals surface area contributed by atoms with E-state index in [-0.39, 0.29) is 5.91 Å². The van der Waals surface area contributed by atoms with Crippen LogP contribution in [0.4, 0.5) is 0 Å². The Labute approximate surface area is 155 Å². The van der Waals surface area contributed by atoms with Crippen LogP contribution >= 0.6 is 0 Å². The molecule has 2 fully saturated rings. The number of amides is 1. The van der Waals surface area contributed by atoms with Crippen molar-refractivity contribution in [2.45, 2.75) is 31.4 Å². The van der Waals surface area contributed by atoms with Crippen molar-refractivity contribution in [3.8, 4) is 0 Å². The first kappa shape index (κ1) is 19.4. The largest absolute Gasteiger partial charge is 0.467 e. The number of ether oxygens (including phenoxy) is 1. The summed E-state index contributed by atoms with van der Waals surface area (Å²) in [4.78, 5) is 18.9. The topological polar surface area (TPSA) is 69.4 Å². The molecule has 1 aromatic rings. The monoisotopic (exact) mass is 365 g/mol. The molecule has 1 atom stereocenters. The molecule has 0 aromatic carbocycles. The number of likely N-dealkylation sites (N-methyl/N-ethyl adjacent to an activating group) is 1. The van der Waals surface area contributed by atoms with Crippen LogP contribution in [0.1, 0.15) is 35.4 Å². The zero-order valence-electron chi connectivity index (χ0n) is 15.9. The molecule has 2 aliphatic rings. The van der Waals surface area contributed by atoms with Gasteiger partial charge < -0.3 is 24.1 Å². The third-order valence-electron chi connectivity index (χ3n) is 5.20. The maximum atomic E-state index is 12.8. The van der Waals surface area contributed by atoms with E-state index < -0.39 is 5.60 Å². The van der Waals surface area contributed by atoms with E-state index >= 15 is 0 Å². The second kappa shape index (κ2) is 8.52. The maximum Gasteiger partial charge on any atom is 0.257 e. The van der Waals surface area contributed by atoms with Gasteiger partial charge in [-0.2, -0.15) is 0 Å². The third kappa shape index (κ3) is 5.07. The minimum atomic E-state index is -0.712. The Morgan fingerprint density at radius 3 is 2.73 bits per heavy atom. The summed E-state index contributed by atoms with van der Waals surface area (Å²) in [5.41, 5.74) is -0.109. The van der Waals surface area contributed by atoms with Crippen LogP contribution in [0, 0.1) is 0 Å². The van der Waals surface area contributed by atoms with Gasteiger partial charge in [0.05, 0.1) is 30.9 Å². The van der Waals surface area contributed by atoms with Crippen molar-refractivity contribution in [2.75, 3.05) is 60.0 Å². The van der Waals surface area contributed by atoms with Gasteiger partial charge in [0.25, 0.3) is 5.91 Å². The number of carbonyl (C=O) groups excluding carboxylic acids is 1. The van der Waals surface area contributed by atoms with Gasteiger partial charge in [0.1, 0.15) is 12.0 Å². The number of morpholine rings is 1. The SMILES string of the molecule is CN(C)C[C@]1(O)CCCN(C(=O)c2coc(CN3CCOCC3)c2)CC1. The van der Waals surface area contributed by atoms with Gasteiger partial charge in [0, 0.05) is 32.7 Å². The molecular formula is C19H31N3O4. The van der Waals surface area contributed by atoms with E-state index in [1.54, 1.807) is 6.26 Å². The number of hydrogen-bond acceptors (Lipinski definition) is 6. The minimum absolute atomic E-state index is 0.00363. The van der Waals surface area contributed by atoms with Crippen molar-refractivity contribution in [1.29, 1.82) is 0 Å². The van der Waals surface area contributed by atoms with Gasteiger partial charge in [-0.25, -0.2) is 0 Å². The highest BCUT2D eigenvalue weighted by Gasteiger charge is 2.32. The molecule has 3 heterocycles. The molecular weight excluding hydrogens is 334 g/mol. The molecule has 7 heteroatoms. The average Bonchev–Trinajstić information content (AvgIpc) is 2.97. The second-order valence-corrected chi connectivity index (χ2v) is 7.80. The van der Waals surface area contributed by atoms with E-state index in [1.165, 1.54) is 0 Å². The maximum absolute atomic E-state index is 12.8. The first-order valence-corrected chi connectivity index (χ1v) is 9.49. The third-order valence-corrected chi connectivity index (χ3v) is 5.20. The van der Waals surface area contributed by atoms with Crippen LogP contribution in [0.2, 0.25) is 0 Å². The molecule has 0 saturated carbocycles. The summed E-state index contributed by atoms with van der Waals surface area (Å²) in [5.74, 6) is 0.810. The minimum Gasteiger partial charge on any atom is -0.467 e. The molecule has 146 valence electrons. The lowest BCUT2D eigenvalue weighted by Crippen LogP contribution is -2.41.